The first kappa shape index (κ1) is 12.0. The van der Waals surface area contributed by atoms with Crippen LogP contribution in [0.15, 0.2) is 5.16 Å². The Morgan fingerprint density at radius 1 is 1.39 bits per heavy atom. The number of thioether (sulfide) groups is 1. The van der Waals surface area contributed by atoms with Crippen molar-refractivity contribution in [1.82, 2.24) is 14.8 Å². The molecule has 2 unspecified atom stereocenters. The van der Waals surface area contributed by atoms with Crippen LogP contribution in [0, 0.1) is 11.8 Å². The quantitative estimate of drug-likeness (QED) is 0.826. The first-order chi connectivity index (χ1) is 8.69. The van der Waals surface area contributed by atoms with Crippen LogP contribution in [0.3, 0.4) is 0 Å². The Bertz CT molecular complexity index is 464. The van der Waals surface area contributed by atoms with Gasteiger partial charge >= 0.3 is 5.97 Å². The standard InChI is InChI=1S/C12H17N3O2S/c1-2-15-11(9-4-7-3-8(7)5-9)13-14-12(15)18-6-10(16)17/h7-9H,2-6H2,1H3,(H,16,17). The summed E-state index contributed by atoms with van der Waals surface area (Å²) in [6.45, 7) is 2.88. The van der Waals surface area contributed by atoms with Gasteiger partial charge in [0.2, 0.25) is 0 Å². The Balaban J connectivity index is 1.75. The molecule has 18 heavy (non-hydrogen) atoms. The molecule has 0 bridgehead atoms. The molecule has 98 valence electrons. The van der Waals surface area contributed by atoms with Gasteiger partial charge in [-0.1, -0.05) is 11.8 Å². The van der Waals surface area contributed by atoms with Crippen LogP contribution in [0.1, 0.15) is 37.9 Å². The van der Waals surface area contributed by atoms with E-state index in [0.29, 0.717) is 5.92 Å². The molecular weight excluding hydrogens is 250 g/mol. The van der Waals surface area contributed by atoms with Gasteiger partial charge < -0.3 is 9.67 Å². The largest absolute Gasteiger partial charge is 0.481 e. The number of carboxylic acid groups (broad SMARTS) is 1. The maximum atomic E-state index is 10.6. The molecule has 2 fully saturated rings. The van der Waals surface area contributed by atoms with E-state index in [2.05, 4.69) is 21.7 Å². The van der Waals surface area contributed by atoms with Crippen molar-refractivity contribution in [1.29, 1.82) is 0 Å². The Morgan fingerprint density at radius 3 is 2.72 bits per heavy atom. The maximum absolute atomic E-state index is 10.6. The van der Waals surface area contributed by atoms with E-state index in [-0.39, 0.29) is 5.75 Å². The fourth-order valence-corrected chi connectivity index (χ4v) is 3.79. The lowest BCUT2D eigenvalue weighted by Crippen LogP contribution is -2.09. The second-order valence-corrected chi connectivity index (χ2v) is 6.13. The summed E-state index contributed by atoms with van der Waals surface area (Å²) in [5.74, 6) is 2.69. The van der Waals surface area contributed by atoms with Gasteiger partial charge in [0.1, 0.15) is 5.82 Å². The predicted molar refractivity (Wildman–Crippen MR) is 67.6 cm³/mol. The molecule has 3 rings (SSSR count). The highest BCUT2D eigenvalue weighted by Crippen LogP contribution is 2.57. The first-order valence-electron chi connectivity index (χ1n) is 6.46. The Hall–Kier alpha value is -1.04. The zero-order valence-corrected chi connectivity index (χ0v) is 11.2. The molecule has 2 atom stereocenters. The third kappa shape index (κ3) is 2.13. The SMILES string of the molecule is CCn1c(SCC(=O)O)nnc1C1CC2CC2C1. The van der Waals surface area contributed by atoms with Crippen LogP contribution in [0.2, 0.25) is 0 Å². The number of aromatic nitrogens is 3. The van der Waals surface area contributed by atoms with Crippen molar-refractivity contribution >= 4 is 17.7 Å². The zero-order valence-electron chi connectivity index (χ0n) is 10.4. The van der Waals surface area contributed by atoms with E-state index in [1.807, 2.05) is 0 Å². The fourth-order valence-electron chi connectivity index (χ4n) is 3.06. The molecule has 1 N–H and O–H groups in total. The normalized spacial score (nSPS) is 29.3. The molecule has 6 heteroatoms. The first-order valence-corrected chi connectivity index (χ1v) is 7.45. The van der Waals surface area contributed by atoms with Crippen LogP contribution >= 0.6 is 11.8 Å². The summed E-state index contributed by atoms with van der Waals surface area (Å²) in [5, 5.41) is 17.9. The van der Waals surface area contributed by atoms with Crippen LogP contribution in [0.4, 0.5) is 0 Å². The number of hydrogen-bond donors (Lipinski definition) is 1. The minimum atomic E-state index is -0.811. The molecule has 0 aromatic carbocycles. The predicted octanol–water partition coefficient (Wildman–Crippen LogP) is 1.99. The van der Waals surface area contributed by atoms with Crippen LogP contribution < -0.4 is 0 Å². The summed E-state index contributed by atoms with van der Waals surface area (Å²) < 4.78 is 2.09. The highest BCUT2D eigenvalue weighted by atomic mass is 32.2. The van der Waals surface area contributed by atoms with Crippen molar-refractivity contribution in [2.45, 2.75) is 43.8 Å². The molecule has 1 heterocycles. The third-order valence-electron chi connectivity index (χ3n) is 4.00. The van der Waals surface area contributed by atoms with Gasteiger partial charge in [-0.15, -0.1) is 10.2 Å². The van der Waals surface area contributed by atoms with Gasteiger partial charge in [0.25, 0.3) is 0 Å². The number of hydrogen-bond acceptors (Lipinski definition) is 4. The number of aliphatic carboxylic acids is 1. The van der Waals surface area contributed by atoms with Crippen molar-refractivity contribution in [3.8, 4) is 0 Å². The van der Waals surface area contributed by atoms with Gasteiger partial charge in [-0.2, -0.15) is 0 Å². The second-order valence-electron chi connectivity index (χ2n) is 5.19. The van der Waals surface area contributed by atoms with Crippen LogP contribution in [-0.4, -0.2) is 31.6 Å². The Labute approximate surface area is 110 Å². The van der Waals surface area contributed by atoms with E-state index in [1.165, 1.54) is 31.0 Å². The van der Waals surface area contributed by atoms with Crippen molar-refractivity contribution in [3.63, 3.8) is 0 Å². The monoisotopic (exact) mass is 267 g/mol. The average Bonchev–Trinajstić information content (AvgIpc) is 2.80. The van der Waals surface area contributed by atoms with Crippen molar-refractivity contribution in [2.24, 2.45) is 11.8 Å². The summed E-state index contributed by atoms with van der Waals surface area (Å²) >= 11 is 1.26. The number of fused-ring (bicyclic) bond motifs is 1. The van der Waals surface area contributed by atoms with Crippen molar-refractivity contribution in [2.75, 3.05) is 5.75 Å². The molecule has 1 aromatic rings. The maximum Gasteiger partial charge on any atom is 0.313 e. The Morgan fingerprint density at radius 2 is 2.11 bits per heavy atom. The van der Waals surface area contributed by atoms with Gasteiger partial charge in [0.05, 0.1) is 5.75 Å². The molecule has 2 aliphatic carbocycles. The van der Waals surface area contributed by atoms with Gasteiger partial charge in [-0.25, -0.2) is 0 Å². The van der Waals surface area contributed by atoms with Crippen LogP contribution in [0.5, 0.6) is 0 Å². The number of carbonyl (C=O) groups is 1. The molecule has 2 saturated carbocycles. The van der Waals surface area contributed by atoms with E-state index in [1.54, 1.807) is 0 Å². The second kappa shape index (κ2) is 4.57. The fraction of sp³-hybridized carbons (Fsp3) is 0.750. The third-order valence-corrected chi connectivity index (χ3v) is 4.95. The lowest BCUT2D eigenvalue weighted by Gasteiger charge is -2.13. The summed E-state index contributed by atoms with van der Waals surface area (Å²) in [6.07, 6.45) is 3.89. The molecule has 1 aromatic heterocycles. The van der Waals surface area contributed by atoms with E-state index < -0.39 is 5.97 Å². The van der Waals surface area contributed by atoms with E-state index in [9.17, 15) is 4.79 Å². The van der Waals surface area contributed by atoms with Crippen LogP contribution in [0.25, 0.3) is 0 Å². The molecular formula is C12H17N3O2S. The number of carboxylic acids is 1. The van der Waals surface area contributed by atoms with Gasteiger partial charge in [0.15, 0.2) is 5.16 Å². The van der Waals surface area contributed by atoms with E-state index >= 15 is 0 Å². The van der Waals surface area contributed by atoms with Crippen LogP contribution in [-0.2, 0) is 11.3 Å². The average molecular weight is 267 g/mol. The smallest absolute Gasteiger partial charge is 0.313 e. The van der Waals surface area contributed by atoms with Gasteiger partial charge in [-0.3, -0.25) is 4.79 Å². The molecule has 0 amide bonds. The lowest BCUT2D eigenvalue weighted by molar-refractivity contribution is -0.133. The zero-order chi connectivity index (χ0) is 12.7. The summed E-state index contributed by atoms with van der Waals surface area (Å²) in [6, 6.07) is 0. The minimum absolute atomic E-state index is 0.0497. The molecule has 0 radical (unpaired) electrons. The molecule has 0 saturated heterocycles. The molecule has 5 nitrogen and oxygen atoms in total. The summed E-state index contributed by atoms with van der Waals surface area (Å²) in [7, 11) is 0. The molecule has 0 spiro atoms. The summed E-state index contributed by atoms with van der Waals surface area (Å²) in [4.78, 5) is 10.6. The molecule has 2 aliphatic rings. The number of nitrogens with zero attached hydrogens (tertiary/aromatic N) is 3. The minimum Gasteiger partial charge on any atom is -0.481 e. The molecule has 0 aliphatic heterocycles. The highest BCUT2D eigenvalue weighted by Gasteiger charge is 2.47. The van der Waals surface area contributed by atoms with Gasteiger partial charge in [-0.05, 0) is 38.0 Å². The summed E-state index contributed by atoms with van der Waals surface area (Å²) in [5.41, 5.74) is 0. The lowest BCUT2D eigenvalue weighted by atomic mass is 10.0. The van der Waals surface area contributed by atoms with Crippen molar-refractivity contribution < 1.29 is 9.90 Å². The topological polar surface area (TPSA) is 68.0 Å². The van der Waals surface area contributed by atoms with Gasteiger partial charge in [0, 0.05) is 12.5 Å². The number of rotatable bonds is 5. The Kier molecular flexibility index (Phi) is 3.05. The van der Waals surface area contributed by atoms with E-state index in [0.717, 1.165) is 29.4 Å². The van der Waals surface area contributed by atoms with Crippen molar-refractivity contribution in [3.05, 3.63) is 5.82 Å². The highest BCUT2D eigenvalue weighted by molar-refractivity contribution is 7.99. The van der Waals surface area contributed by atoms with E-state index in [4.69, 9.17) is 5.11 Å².